The van der Waals surface area contributed by atoms with Crippen LogP contribution in [0.15, 0.2) is 28.7 Å². The lowest BCUT2D eigenvalue weighted by atomic mass is 9.86. The molecule has 3 nitrogen and oxygen atoms in total. The molecule has 0 atom stereocenters. The minimum Gasteiger partial charge on any atom is -0.478 e. The molecule has 0 spiro atoms. The fourth-order valence-corrected chi connectivity index (χ4v) is 3.61. The average Bonchev–Trinajstić information content (AvgIpc) is 2.47. The van der Waals surface area contributed by atoms with Crippen molar-refractivity contribution in [3.05, 3.63) is 40.0 Å². The first-order chi connectivity index (χ1) is 9.66. The lowest BCUT2D eigenvalue weighted by Gasteiger charge is -2.22. The molecular formula is C16H16BrNO2. The summed E-state index contributed by atoms with van der Waals surface area (Å²) >= 11 is 3.43. The van der Waals surface area contributed by atoms with Crippen molar-refractivity contribution in [2.75, 3.05) is 0 Å². The van der Waals surface area contributed by atoms with Crippen LogP contribution < -0.4 is 0 Å². The second-order valence-electron chi connectivity index (χ2n) is 5.37. The number of halogens is 1. The lowest BCUT2D eigenvalue weighted by Crippen LogP contribution is -2.09. The molecule has 1 aliphatic rings. The zero-order valence-electron chi connectivity index (χ0n) is 11.1. The van der Waals surface area contributed by atoms with Gasteiger partial charge < -0.3 is 5.11 Å². The summed E-state index contributed by atoms with van der Waals surface area (Å²) in [6.07, 6.45) is 5.94. The summed E-state index contributed by atoms with van der Waals surface area (Å²) in [5.74, 6) is -0.480. The van der Waals surface area contributed by atoms with Crippen LogP contribution in [0.4, 0.5) is 0 Å². The van der Waals surface area contributed by atoms with Crippen LogP contribution in [0.2, 0.25) is 0 Å². The van der Waals surface area contributed by atoms with Gasteiger partial charge in [-0.15, -0.1) is 0 Å². The predicted octanol–water partition coefficient (Wildman–Crippen LogP) is 4.74. The molecular weight excluding hydrogens is 318 g/mol. The number of aromatic nitrogens is 1. The highest BCUT2D eigenvalue weighted by atomic mass is 79.9. The maximum absolute atomic E-state index is 11.6. The van der Waals surface area contributed by atoms with Crippen LogP contribution in [-0.4, -0.2) is 16.1 Å². The molecule has 104 valence electrons. The van der Waals surface area contributed by atoms with Crippen LogP contribution in [0.3, 0.4) is 0 Å². The third-order valence-electron chi connectivity index (χ3n) is 4.06. The SMILES string of the molecule is O=C(O)c1cc(C2CCCCC2)nc2cccc(Br)c12. The Balaban J connectivity index is 2.18. The van der Waals surface area contributed by atoms with Gasteiger partial charge in [0.05, 0.1) is 11.1 Å². The van der Waals surface area contributed by atoms with E-state index in [2.05, 4.69) is 15.9 Å². The maximum atomic E-state index is 11.6. The number of aromatic carboxylic acids is 1. The highest BCUT2D eigenvalue weighted by Crippen LogP contribution is 2.35. The fourth-order valence-electron chi connectivity index (χ4n) is 3.04. The van der Waals surface area contributed by atoms with Gasteiger partial charge in [-0.3, -0.25) is 4.98 Å². The third kappa shape index (κ3) is 2.44. The van der Waals surface area contributed by atoms with Crippen LogP contribution in [0.1, 0.15) is 54.1 Å². The monoisotopic (exact) mass is 333 g/mol. The lowest BCUT2D eigenvalue weighted by molar-refractivity contribution is 0.0698. The maximum Gasteiger partial charge on any atom is 0.336 e. The standard InChI is InChI=1S/C16H16BrNO2/c17-12-7-4-8-13-15(12)11(16(19)20)9-14(18-13)10-5-2-1-3-6-10/h4,7-10H,1-3,5-6H2,(H,19,20). The molecule has 1 aromatic heterocycles. The number of rotatable bonds is 2. The molecule has 4 heteroatoms. The minimum atomic E-state index is -0.888. The van der Waals surface area contributed by atoms with Gasteiger partial charge in [0.2, 0.25) is 0 Å². The summed E-state index contributed by atoms with van der Waals surface area (Å²) in [6, 6.07) is 7.41. The number of carboxylic acid groups (broad SMARTS) is 1. The topological polar surface area (TPSA) is 50.2 Å². The molecule has 1 N–H and O–H groups in total. The summed E-state index contributed by atoms with van der Waals surface area (Å²) in [5.41, 5.74) is 2.05. The Labute approximate surface area is 126 Å². The summed E-state index contributed by atoms with van der Waals surface area (Å²) in [7, 11) is 0. The quantitative estimate of drug-likeness (QED) is 0.863. The van der Waals surface area contributed by atoms with Gasteiger partial charge in [-0.1, -0.05) is 41.3 Å². The largest absolute Gasteiger partial charge is 0.478 e. The van der Waals surface area contributed by atoms with E-state index in [4.69, 9.17) is 4.98 Å². The molecule has 2 aromatic rings. The molecule has 1 aliphatic carbocycles. The van der Waals surface area contributed by atoms with Crippen molar-refractivity contribution in [2.45, 2.75) is 38.0 Å². The molecule has 3 rings (SSSR count). The second-order valence-corrected chi connectivity index (χ2v) is 6.22. The first-order valence-electron chi connectivity index (χ1n) is 6.99. The van der Waals surface area contributed by atoms with Gasteiger partial charge >= 0.3 is 5.97 Å². The van der Waals surface area contributed by atoms with Crippen molar-refractivity contribution in [1.29, 1.82) is 0 Å². The molecule has 1 heterocycles. The summed E-state index contributed by atoms with van der Waals surface area (Å²) in [5, 5.41) is 10.2. The highest BCUT2D eigenvalue weighted by molar-refractivity contribution is 9.10. The van der Waals surface area contributed by atoms with E-state index in [9.17, 15) is 9.90 Å². The van der Waals surface area contributed by atoms with Crippen molar-refractivity contribution < 1.29 is 9.90 Å². The van der Waals surface area contributed by atoms with E-state index in [1.807, 2.05) is 18.2 Å². The van der Waals surface area contributed by atoms with Gasteiger partial charge in [-0.2, -0.15) is 0 Å². The molecule has 0 aliphatic heterocycles. The number of pyridine rings is 1. The number of carboxylic acids is 1. The average molecular weight is 334 g/mol. The molecule has 0 radical (unpaired) electrons. The Hall–Kier alpha value is -1.42. The predicted molar refractivity (Wildman–Crippen MR) is 82.2 cm³/mol. The molecule has 1 aromatic carbocycles. The Bertz CT molecular complexity index is 663. The van der Waals surface area contributed by atoms with Crippen LogP contribution in [0.5, 0.6) is 0 Å². The minimum absolute atomic E-state index is 0.350. The molecule has 1 saturated carbocycles. The fraction of sp³-hybridized carbons (Fsp3) is 0.375. The molecule has 0 unspecified atom stereocenters. The van der Waals surface area contributed by atoms with E-state index >= 15 is 0 Å². The second kappa shape index (κ2) is 5.52. The van der Waals surface area contributed by atoms with Crippen LogP contribution in [-0.2, 0) is 0 Å². The Kier molecular flexibility index (Phi) is 3.74. The molecule has 0 bridgehead atoms. The number of hydrogen-bond donors (Lipinski definition) is 1. The van der Waals surface area contributed by atoms with Crippen molar-refractivity contribution in [1.82, 2.24) is 4.98 Å². The van der Waals surface area contributed by atoms with E-state index in [1.54, 1.807) is 6.07 Å². The van der Waals surface area contributed by atoms with Crippen LogP contribution in [0, 0.1) is 0 Å². The Morgan fingerprint density at radius 3 is 2.70 bits per heavy atom. The first kappa shape index (κ1) is 13.6. The summed E-state index contributed by atoms with van der Waals surface area (Å²) in [4.78, 5) is 16.3. The van der Waals surface area contributed by atoms with Gasteiger partial charge in [0, 0.05) is 21.5 Å². The van der Waals surface area contributed by atoms with E-state index in [-0.39, 0.29) is 0 Å². The Morgan fingerprint density at radius 1 is 1.25 bits per heavy atom. The van der Waals surface area contributed by atoms with Crippen molar-refractivity contribution in [3.63, 3.8) is 0 Å². The third-order valence-corrected chi connectivity index (χ3v) is 4.72. The van der Waals surface area contributed by atoms with Crippen molar-refractivity contribution in [2.24, 2.45) is 0 Å². The van der Waals surface area contributed by atoms with Gasteiger partial charge in [0.25, 0.3) is 0 Å². The van der Waals surface area contributed by atoms with Crippen LogP contribution in [0.25, 0.3) is 10.9 Å². The van der Waals surface area contributed by atoms with Crippen molar-refractivity contribution >= 4 is 32.8 Å². The van der Waals surface area contributed by atoms with Gasteiger partial charge in [0.15, 0.2) is 0 Å². The van der Waals surface area contributed by atoms with Gasteiger partial charge in [-0.05, 0) is 31.0 Å². The smallest absolute Gasteiger partial charge is 0.336 e. The highest BCUT2D eigenvalue weighted by Gasteiger charge is 2.21. The summed E-state index contributed by atoms with van der Waals surface area (Å²) < 4.78 is 0.787. The van der Waals surface area contributed by atoms with E-state index in [0.717, 1.165) is 28.5 Å². The zero-order valence-corrected chi connectivity index (χ0v) is 12.7. The van der Waals surface area contributed by atoms with Gasteiger partial charge in [0.1, 0.15) is 0 Å². The molecule has 0 saturated heterocycles. The normalized spacial score (nSPS) is 16.4. The first-order valence-corrected chi connectivity index (χ1v) is 7.78. The Morgan fingerprint density at radius 2 is 2.00 bits per heavy atom. The van der Waals surface area contributed by atoms with Crippen molar-refractivity contribution in [3.8, 4) is 0 Å². The number of hydrogen-bond acceptors (Lipinski definition) is 2. The van der Waals surface area contributed by atoms with Crippen LogP contribution >= 0.6 is 15.9 Å². The van der Waals surface area contributed by atoms with E-state index in [1.165, 1.54) is 19.3 Å². The number of fused-ring (bicyclic) bond motifs is 1. The zero-order chi connectivity index (χ0) is 14.1. The summed E-state index contributed by atoms with van der Waals surface area (Å²) in [6.45, 7) is 0. The molecule has 1 fully saturated rings. The number of carbonyl (C=O) groups is 1. The van der Waals surface area contributed by atoms with E-state index in [0.29, 0.717) is 16.9 Å². The molecule has 20 heavy (non-hydrogen) atoms. The number of benzene rings is 1. The van der Waals surface area contributed by atoms with E-state index < -0.39 is 5.97 Å². The number of nitrogens with zero attached hydrogens (tertiary/aromatic N) is 1. The van der Waals surface area contributed by atoms with Gasteiger partial charge in [-0.25, -0.2) is 4.79 Å². The molecule has 0 amide bonds.